The van der Waals surface area contributed by atoms with Gasteiger partial charge in [0, 0.05) is 18.9 Å². The van der Waals surface area contributed by atoms with Gasteiger partial charge >= 0.3 is 0 Å². The molecule has 0 spiro atoms. The maximum atomic E-state index is 12.0. The van der Waals surface area contributed by atoms with E-state index in [1.807, 2.05) is 30.3 Å². The highest BCUT2D eigenvalue weighted by atomic mass is 32.2. The molecule has 1 heterocycles. The lowest BCUT2D eigenvalue weighted by Crippen LogP contribution is -2.40. The molecule has 3 N–H and O–H groups in total. The summed E-state index contributed by atoms with van der Waals surface area (Å²) in [5.41, 5.74) is 1.03. The quantitative estimate of drug-likeness (QED) is 0.741. The van der Waals surface area contributed by atoms with Gasteiger partial charge in [-0.2, -0.15) is 0 Å². The van der Waals surface area contributed by atoms with Crippen molar-refractivity contribution in [1.82, 2.24) is 10.6 Å². The largest absolute Gasteiger partial charge is 0.396 e. The van der Waals surface area contributed by atoms with E-state index in [4.69, 9.17) is 5.11 Å². The Hall–Kier alpha value is -1.04. The summed E-state index contributed by atoms with van der Waals surface area (Å²) in [7, 11) is 0. The van der Waals surface area contributed by atoms with E-state index in [0.717, 1.165) is 17.9 Å². The summed E-state index contributed by atoms with van der Waals surface area (Å²) in [6.07, 6.45) is 0.535. The van der Waals surface area contributed by atoms with E-state index in [1.165, 1.54) is 0 Å². The summed E-state index contributed by atoms with van der Waals surface area (Å²) in [5.74, 6) is 0.966. The molecular weight excluding hydrogens is 248 g/mol. The smallest absolute Gasteiger partial charge is 0.248 e. The van der Waals surface area contributed by atoms with Crippen molar-refractivity contribution in [1.29, 1.82) is 0 Å². The molecule has 0 bridgehead atoms. The Morgan fingerprint density at radius 1 is 1.50 bits per heavy atom. The molecule has 0 radical (unpaired) electrons. The van der Waals surface area contributed by atoms with Crippen molar-refractivity contribution in [2.24, 2.45) is 0 Å². The fourth-order valence-electron chi connectivity index (χ4n) is 1.98. The zero-order chi connectivity index (χ0) is 12.8. The number of carbonyl (C=O) groups excluding carboxylic acids is 1. The Kier molecular flexibility index (Phi) is 5.04. The molecule has 1 aromatic carbocycles. The van der Waals surface area contributed by atoms with Gasteiger partial charge in [-0.15, -0.1) is 11.8 Å². The summed E-state index contributed by atoms with van der Waals surface area (Å²) >= 11 is 1.62. The van der Waals surface area contributed by atoms with Crippen LogP contribution in [0.3, 0.4) is 0 Å². The second kappa shape index (κ2) is 6.78. The number of benzene rings is 1. The van der Waals surface area contributed by atoms with E-state index < -0.39 is 0 Å². The van der Waals surface area contributed by atoms with Crippen molar-refractivity contribution in [2.45, 2.75) is 17.8 Å². The Morgan fingerprint density at radius 3 is 2.89 bits per heavy atom. The fourth-order valence-corrected chi connectivity index (χ4v) is 2.90. The van der Waals surface area contributed by atoms with Crippen LogP contribution in [0.15, 0.2) is 30.3 Å². The van der Waals surface area contributed by atoms with E-state index in [-0.39, 0.29) is 23.9 Å². The maximum Gasteiger partial charge on any atom is 0.248 e. The zero-order valence-electron chi connectivity index (χ0n) is 10.1. The minimum absolute atomic E-state index is 0.000182. The first-order valence-electron chi connectivity index (χ1n) is 6.12. The maximum absolute atomic E-state index is 12.0. The van der Waals surface area contributed by atoms with Crippen molar-refractivity contribution in [3.05, 3.63) is 35.9 Å². The Balaban J connectivity index is 1.99. The summed E-state index contributed by atoms with van der Waals surface area (Å²) in [4.78, 5) is 12.0. The van der Waals surface area contributed by atoms with Crippen molar-refractivity contribution < 1.29 is 9.90 Å². The zero-order valence-corrected chi connectivity index (χ0v) is 11.0. The van der Waals surface area contributed by atoms with Crippen LogP contribution in [-0.2, 0) is 4.79 Å². The standard InChI is InChI=1S/C13H18N2O2S/c16-8-6-11(10-4-2-1-3-5-10)15-12(17)13-14-7-9-18-13/h1-5,11,13-14,16H,6-9H2,(H,15,17)/t11-,13-/m0/s1. The van der Waals surface area contributed by atoms with Crippen LogP contribution in [-0.4, -0.2) is 35.3 Å². The topological polar surface area (TPSA) is 61.4 Å². The average molecular weight is 266 g/mol. The molecule has 1 amide bonds. The number of aliphatic hydroxyl groups excluding tert-OH is 1. The summed E-state index contributed by atoms with van der Waals surface area (Å²) in [6.45, 7) is 0.934. The Bertz CT molecular complexity index is 380. The molecule has 98 valence electrons. The SMILES string of the molecule is O=C(N[C@@H](CCO)c1ccccc1)[C@H]1NCCS1. The number of carbonyl (C=O) groups is 1. The first-order valence-corrected chi connectivity index (χ1v) is 7.17. The number of amides is 1. The highest BCUT2D eigenvalue weighted by Gasteiger charge is 2.25. The van der Waals surface area contributed by atoms with E-state index in [0.29, 0.717) is 6.42 Å². The van der Waals surface area contributed by atoms with E-state index in [2.05, 4.69) is 10.6 Å². The number of thioether (sulfide) groups is 1. The third-order valence-electron chi connectivity index (χ3n) is 2.89. The molecule has 0 aromatic heterocycles. The molecule has 0 saturated carbocycles. The predicted molar refractivity (Wildman–Crippen MR) is 73.3 cm³/mol. The second-order valence-corrected chi connectivity index (χ2v) is 5.40. The third kappa shape index (κ3) is 3.48. The van der Waals surface area contributed by atoms with Gasteiger partial charge in [0.25, 0.3) is 0 Å². The fraction of sp³-hybridized carbons (Fsp3) is 0.462. The van der Waals surface area contributed by atoms with Crippen LogP contribution in [0.1, 0.15) is 18.0 Å². The van der Waals surface area contributed by atoms with Crippen molar-refractivity contribution >= 4 is 17.7 Å². The lowest BCUT2D eigenvalue weighted by atomic mass is 10.0. The summed E-state index contributed by atoms with van der Waals surface area (Å²) in [6, 6.07) is 9.64. The van der Waals surface area contributed by atoms with Crippen LogP contribution >= 0.6 is 11.8 Å². The average Bonchev–Trinajstić information content (AvgIpc) is 2.93. The van der Waals surface area contributed by atoms with Gasteiger partial charge in [0.05, 0.1) is 6.04 Å². The summed E-state index contributed by atoms with van der Waals surface area (Å²) in [5, 5.41) is 15.1. The Morgan fingerprint density at radius 2 is 2.28 bits per heavy atom. The number of aliphatic hydroxyl groups is 1. The lowest BCUT2D eigenvalue weighted by Gasteiger charge is -2.20. The molecule has 2 atom stereocenters. The van der Waals surface area contributed by atoms with Crippen molar-refractivity contribution in [3.8, 4) is 0 Å². The molecule has 2 rings (SSSR count). The molecule has 0 aliphatic carbocycles. The van der Waals surface area contributed by atoms with Crippen molar-refractivity contribution in [2.75, 3.05) is 18.9 Å². The second-order valence-electron chi connectivity index (χ2n) is 4.19. The molecule has 1 aliphatic rings. The van der Waals surface area contributed by atoms with Gasteiger partial charge in [0.2, 0.25) is 5.91 Å². The predicted octanol–water partition coefficient (Wildman–Crippen LogP) is 0.889. The molecule has 1 fully saturated rings. The molecular formula is C13H18N2O2S. The van der Waals surface area contributed by atoms with E-state index in [9.17, 15) is 4.79 Å². The molecule has 1 saturated heterocycles. The molecule has 5 heteroatoms. The van der Waals surface area contributed by atoms with Gasteiger partial charge in [0.15, 0.2) is 0 Å². The number of nitrogens with one attached hydrogen (secondary N) is 2. The van der Waals surface area contributed by atoms with Crippen molar-refractivity contribution in [3.63, 3.8) is 0 Å². The molecule has 0 unspecified atom stereocenters. The Labute approximate surface area is 111 Å². The summed E-state index contributed by atoms with van der Waals surface area (Å²) < 4.78 is 0. The minimum Gasteiger partial charge on any atom is -0.396 e. The van der Waals surface area contributed by atoms with Crippen LogP contribution in [0.4, 0.5) is 0 Å². The van der Waals surface area contributed by atoms with Gasteiger partial charge in [0.1, 0.15) is 5.37 Å². The van der Waals surface area contributed by atoms with Gasteiger partial charge in [-0.1, -0.05) is 30.3 Å². The van der Waals surface area contributed by atoms with Crippen LogP contribution in [0.5, 0.6) is 0 Å². The van der Waals surface area contributed by atoms with Crippen LogP contribution < -0.4 is 10.6 Å². The minimum atomic E-state index is -0.157. The number of hydrogen-bond donors (Lipinski definition) is 3. The van der Waals surface area contributed by atoms with E-state index >= 15 is 0 Å². The van der Waals surface area contributed by atoms with Gasteiger partial charge in [-0.05, 0) is 12.0 Å². The van der Waals surface area contributed by atoms with E-state index in [1.54, 1.807) is 11.8 Å². The first kappa shape index (κ1) is 13.4. The lowest BCUT2D eigenvalue weighted by molar-refractivity contribution is -0.121. The van der Waals surface area contributed by atoms with Crippen LogP contribution in [0.2, 0.25) is 0 Å². The highest BCUT2D eigenvalue weighted by Crippen LogP contribution is 2.19. The molecule has 1 aromatic rings. The highest BCUT2D eigenvalue weighted by molar-refractivity contribution is 8.00. The van der Waals surface area contributed by atoms with Gasteiger partial charge in [-0.3, -0.25) is 10.1 Å². The monoisotopic (exact) mass is 266 g/mol. The molecule has 1 aliphatic heterocycles. The third-order valence-corrected chi connectivity index (χ3v) is 4.04. The van der Waals surface area contributed by atoms with Crippen LogP contribution in [0.25, 0.3) is 0 Å². The molecule has 18 heavy (non-hydrogen) atoms. The first-order chi connectivity index (χ1) is 8.81. The van der Waals surface area contributed by atoms with Gasteiger partial charge in [-0.25, -0.2) is 0 Å². The van der Waals surface area contributed by atoms with Gasteiger partial charge < -0.3 is 10.4 Å². The normalized spacial score (nSPS) is 20.6. The number of hydrogen-bond acceptors (Lipinski definition) is 4. The molecule has 4 nitrogen and oxygen atoms in total. The van der Waals surface area contributed by atoms with Crippen LogP contribution in [0, 0.1) is 0 Å². The number of rotatable bonds is 5.